The molecule has 0 saturated carbocycles. The van der Waals surface area contributed by atoms with Gasteiger partial charge >= 0.3 is 0 Å². The lowest BCUT2D eigenvalue weighted by Crippen LogP contribution is -2.30. The van der Waals surface area contributed by atoms with E-state index in [1.165, 1.54) is 45.4 Å². The van der Waals surface area contributed by atoms with Crippen LogP contribution in [0.2, 0.25) is 0 Å². The number of nitro groups is 1. The Morgan fingerprint density at radius 3 is 2.00 bits per heavy atom. The molecule has 0 saturated heterocycles. The number of unbranched alkanes of at least 4 members (excludes halogenated alkanes) is 7. The van der Waals surface area contributed by atoms with Gasteiger partial charge in [0.15, 0.2) is 0 Å². The van der Waals surface area contributed by atoms with E-state index in [1.807, 2.05) is 0 Å². The van der Waals surface area contributed by atoms with Crippen LogP contribution < -0.4 is 0 Å². The fraction of sp³-hybridized carbons (Fsp3) is 1.00. The first-order valence-electron chi connectivity index (χ1n) is 6.91. The van der Waals surface area contributed by atoms with Gasteiger partial charge in [-0.25, -0.2) is 0 Å². The van der Waals surface area contributed by atoms with Crippen LogP contribution >= 0.6 is 0 Å². The van der Waals surface area contributed by atoms with E-state index in [2.05, 4.69) is 6.92 Å². The molecule has 0 aromatic heterocycles. The van der Waals surface area contributed by atoms with Gasteiger partial charge in [-0.05, 0) is 6.42 Å². The van der Waals surface area contributed by atoms with E-state index in [-0.39, 0.29) is 0 Å². The van der Waals surface area contributed by atoms with Crippen molar-refractivity contribution in [3.05, 3.63) is 10.1 Å². The summed E-state index contributed by atoms with van der Waals surface area (Å²) in [5.74, 6) is 0. The molecule has 0 bridgehead atoms. The van der Waals surface area contributed by atoms with Crippen LogP contribution in [0.3, 0.4) is 0 Å². The Bertz CT molecular complexity index is 197. The number of nitrogens with zero attached hydrogens (tertiary/aromatic N) is 1. The third-order valence-corrected chi connectivity index (χ3v) is 3.24. The monoisotopic (exact) mass is 245 g/mol. The Hall–Kier alpha value is -0.640. The molecule has 1 N–H and O–H groups in total. The molecule has 4 nitrogen and oxygen atoms in total. The molecule has 0 heterocycles. The highest BCUT2D eigenvalue weighted by Crippen LogP contribution is 2.12. The molecule has 4 heteroatoms. The van der Waals surface area contributed by atoms with Gasteiger partial charge in [0.1, 0.15) is 6.10 Å². The highest BCUT2D eigenvalue weighted by atomic mass is 16.6. The summed E-state index contributed by atoms with van der Waals surface area (Å²) >= 11 is 0. The van der Waals surface area contributed by atoms with Crippen molar-refractivity contribution < 1.29 is 10.0 Å². The van der Waals surface area contributed by atoms with Crippen LogP contribution in [-0.2, 0) is 0 Å². The third-order valence-electron chi connectivity index (χ3n) is 3.24. The van der Waals surface area contributed by atoms with E-state index in [0.29, 0.717) is 6.42 Å². The second kappa shape index (κ2) is 10.5. The summed E-state index contributed by atoms with van der Waals surface area (Å²) in [5, 5.41) is 19.9. The highest BCUT2D eigenvalue weighted by molar-refractivity contribution is 4.63. The minimum Gasteiger partial charge on any atom is -0.386 e. The van der Waals surface area contributed by atoms with E-state index in [9.17, 15) is 15.2 Å². The van der Waals surface area contributed by atoms with Gasteiger partial charge in [0, 0.05) is 11.8 Å². The van der Waals surface area contributed by atoms with Crippen molar-refractivity contribution in [3.63, 3.8) is 0 Å². The van der Waals surface area contributed by atoms with E-state index in [1.54, 1.807) is 0 Å². The smallest absolute Gasteiger partial charge is 0.235 e. The maximum Gasteiger partial charge on any atom is 0.235 e. The second-order valence-electron chi connectivity index (χ2n) is 4.86. The number of hydrogen-bond acceptors (Lipinski definition) is 3. The Balaban J connectivity index is 3.30. The summed E-state index contributed by atoms with van der Waals surface area (Å²) in [6, 6.07) is -0.834. The standard InChI is InChI=1S/C13H27NO3/c1-3-4-5-6-7-8-9-10-11-13(15)12(2)14(16)17/h12-13,15H,3-11H2,1-2H3. The van der Waals surface area contributed by atoms with E-state index < -0.39 is 17.1 Å². The molecule has 0 rings (SSSR count). The highest BCUT2D eigenvalue weighted by Gasteiger charge is 2.23. The van der Waals surface area contributed by atoms with Crippen molar-refractivity contribution in [1.29, 1.82) is 0 Å². The van der Waals surface area contributed by atoms with Crippen LogP contribution in [0.5, 0.6) is 0 Å². The third kappa shape index (κ3) is 9.10. The molecule has 0 aliphatic heterocycles. The van der Waals surface area contributed by atoms with Gasteiger partial charge in [-0.15, -0.1) is 0 Å². The molecule has 17 heavy (non-hydrogen) atoms. The Labute approximate surface area is 105 Å². The number of hydrogen-bond donors (Lipinski definition) is 1. The predicted octanol–water partition coefficient (Wildman–Crippen LogP) is 3.54. The zero-order valence-corrected chi connectivity index (χ0v) is 11.2. The van der Waals surface area contributed by atoms with E-state index in [4.69, 9.17) is 0 Å². The molecule has 0 aromatic rings. The van der Waals surface area contributed by atoms with Crippen LogP contribution in [0.15, 0.2) is 0 Å². The second-order valence-corrected chi connectivity index (χ2v) is 4.86. The molecule has 2 atom stereocenters. The molecule has 2 unspecified atom stereocenters. The zero-order chi connectivity index (χ0) is 13.1. The minimum atomic E-state index is -0.834. The Morgan fingerprint density at radius 2 is 1.53 bits per heavy atom. The lowest BCUT2D eigenvalue weighted by molar-refractivity contribution is -0.530. The number of aliphatic hydroxyl groups excluding tert-OH is 1. The molecule has 0 amide bonds. The molecular weight excluding hydrogens is 218 g/mol. The summed E-state index contributed by atoms with van der Waals surface area (Å²) in [4.78, 5) is 10.0. The molecule has 0 aromatic carbocycles. The van der Waals surface area contributed by atoms with Crippen LogP contribution in [-0.4, -0.2) is 22.2 Å². The molecule has 0 aliphatic carbocycles. The van der Waals surface area contributed by atoms with Crippen LogP contribution in [0.1, 0.15) is 71.6 Å². The molecule has 0 fully saturated rings. The van der Waals surface area contributed by atoms with Gasteiger partial charge < -0.3 is 5.11 Å². The summed E-state index contributed by atoms with van der Waals surface area (Å²) in [6.45, 7) is 3.67. The van der Waals surface area contributed by atoms with Gasteiger partial charge in [-0.1, -0.05) is 58.3 Å². The van der Waals surface area contributed by atoms with Crippen molar-refractivity contribution in [2.45, 2.75) is 83.8 Å². The fourth-order valence-electron chi connectivity index (χ4n) is 1.87. The van der Waals surface area contributed by atoms with Gasteiger partial charge in [-0.2, -0.15) is 0 Å². The first-order chi connectivity index (χ1) is 8.09. The lowest BCUT2D eigenvalue weighted by atomic mass is 10.0. The van der Waals surface area contributed by atoms with Gasteiger partial charge in [0.05, 0.1) is 0 Å². The number of rotatable bonds is 11. The van der Waals surface area contributed by atoms with Crippen LogP contribution in [0.4, 0.5) is 0 Å². The summed E-state index contributed by atoms with van der Waals surface area (Å²) in [7, 11) is 0. The van der Waals surface area contributed by atoms with Gasteiger partial charge in [0.25, 0.3) is 0 Å². The predicted molar refractivity (Wildman–Crippen MR) is 69.7 cm³/mol. The molecule has 0 radical (unpaired) electrons. The van der Waals surface area contributed by atoms with Crippen molar-refractivity contribution in [3.8, 4) is 0 Å². The lowest BCUT2D eigenvalue weighted by Gasteiger charge is -2.11. The summed E-state index contributed by atoms with van der Waals surface area (Å²) in [6.07, 6.45) is 9.37. The molecule has 0 aliphatic rings. The van der Waals surface area contributed by atoms with E-state index in [0.717, 1.165) is 12.8 Å². The Kier molecular flexibility index (Phi) is 10.1. The van der Waals surface area contributed by atoms with Crippen molar-refractivity contribution >= 4 is 0 Å². The molecular formula is C13H27NO3. The minimum absolute atomic E-state index is 0.407. The van der Waals surface area contributed by atoms with Gasteiger partial charge in [-0.3, -0.25) is 10.1 Å². The van der Waals surface area contributed by atoms with Crippen molar-refractivity contribution in [2.24, 2.45) is 0 Å². The van der Waals surface area contributed by atoms with Crippen LogP contribution in [0, 0.1) is 10.1 Å². The average Bonchev–Trinajstić information content (AvgIpc) is 2.31. The normalized spacial score (nSPS) is 14.5. The number of aliphatic hydroxyl groups is 1. The molecule has 0 spiro atoms. The first kappa shape index (κ1) is 16.4. The summed E-state index contributed by atoms with van der Waals surface area (Å²) in [5.41, 5.74) is 0. The maximum absolute atomic E-state index is 10.4. The Morgan fingerprint density at radius 1 is 1.06 bits per heavy atom. The quantitative estimate of drug-likeness (QED) is 0.344. The first-order valence-corrected chi connectivity index (χ1v) is 6.91. The largest absolute Gasteiger partial charge is 0.386 e. The SMILES string of the molecule is CCCCCCCCCCC(O)C(C)[N+](=O)[O-]. The summed E-state index contributed by atoms with van der Waals surface area (Å²) < 4.78 is 0. The van der Waals surface area contributed by atoms with Crippen molar-refractivity contribution in [1.82, 2.24) is 0 Å². The van der Waals surface area contributed by atoms with Crippen molar-refractivity contribution in [2.75, 3.05) is 0 Å². The average molecular weight is 245 g/mol. The van der Waals surface area contributed by atoms with E-state index >= 15 is 0 Å². The van der Waals surface area contributed by atoms with Crippen LogP contribution in [0.25, 0.3) is 0 Å². The fourth-order valence-corrected chi connectivity index (χ4v) is 1.87. The van der Waals surface area contributed by atoms with Gasteiger partial charge in [0.2, 0.25) is 6.04 Å². The maximum atomic E-state index is 10.4. The topological polar surface area (TPSA) is 63.4 Å². The molecule has 102 valence electrons. The zero-order valence-electron chi connectivity index (χ0n) is 11.2.